The fourth-order valence-electron chi connectivity index (χ4n) is 1.38. The number of carbonyl (C=O) groups is 1. The van der Waals surface area contributed by atoms with Crippen LogP contribution in [0.25, 0.3) is 0 Å². The minimum atomic E-state index is -4.67. The van der Waals surface area contributed by atoms with Crippen LogP contribution in [0.4, 0.5) is 18.9 Å². The molecule has 0 saturated heterocycles. The summed E-state index contributed by atoms with van der Waals surface area (Å²) in [4.78, 5) is 16.7. The van der Waals surface area contributed by atoms with E-state index in [4.69, 9.17) is 5.73 Å². The SMILES string of the molecule is COC(=O)c1nc(C#CCN(C)C)c(C(F)(F)F)cc1N. The molecule has 0 unspecified atom stereocenters. The molecule has 0 fully saturated rings. The van der Waals surface area contributed by atoms with E-state index in [0.29, 0.717) is 6.07 Å². The molecule has 114 valence electrons. The summed E-state index contributed by atoms with van der Waals surface area (Å²) in [5, 5.41) is 0. The number of nitrogens with zero attached hydrogens (tertiary/aromatic N) is 2. The van der Waals surface area contributed by atoms with Crippen LogP contribution in [0.1, 0.15) is 21.7 Å². The van der Waals surface area contributed by atoms with Gasteiger partial charge in [0.25, 0.3) is 0 Å². The Balaban J connectivity index is 3.40. The van der Waals surface area contributed by atoms with Crippen molar-refractivity contribution in [3.05, 3.63) is 23.0 Å². The molecular formula is C13H14F3N3O2. The average molecular weight is 301 g/mol. The average Bonchev–Trinajstić information content (AvgIpc) is 2.37. The van der Waals surface area contributed by atoms with Crippen molar-refractivity contribution in [2.24, 2.45) is 0 Å². The number of rotatable bonds is 2. The Labute approximate surface area is 119 Å². The summed E-state index contributed by atoms with van der Waals surface area (Å²) < 4.78 is 43.2. The number of carbonyl (C=O) groups excluding carboxylic acids is 1. The number of hydrogen-bond acceptors (Lipinski definition) is 5. The van der Waals surface area contributed by atoms with Gasteiger partial charge in [0.15, 0.2) is 5.69 Å². The van der Waals surface area contributed by atoms with Crippen molar-refractivity contribution in [3.63, 3.8) is 0 Å². The first kappa shape index (κ1) is 16.8. The summed E-state index contributed by atoms with van der Waals surface area (Å²) in [6, 6.07) is 0.638. The van der Waals surface area contributed by atoms with Crippen LogP contribution in [-0.2, 0) is 10.9 Å². The third kappa shape index (κ3) is 4.36. The van der Waals surface area contributed by atoms with E-state index in [0.717, 1.165) is 7.11 Å². The van der Waals surface area contributed by atoms with E-state index in [1.807, 2.05) is 0 Å². The maximum absolute atomic E-state index is 12.9. The topological polar surface area (TPSA) is 68.5 Å². The summed E-state index contributed by atoms with van der Waals surface area (Å²) in [7, 11) is 4.52. The van der Waals surface area contributed by atoms with Crippen molar-refractivity contribution in [2.75, 3.05) is 33.5 Å². The predicted octanol–water partition coefficient (Wildman–Crippen LogP) is 1.38. The molecule has 5 nitrogen and oxygen atoms in total. The number of hydrogen-bond donors (Lipinski definition) is 1. The van der Waals surface area contributed by atoms with Gasteiger partial charge in [0.1, 0.15) is 5.69 Å². The largest absolute Gasteiger partial charge is 0.464 e. The second-order valence-corrected chi connectivity index (χ2v) is 4.35. The zero-order chi connectivity index (χ0) is 16.2. The smallest absolute Gasteiger partial charge is 0.419 e. The van der Waals surface area contributed by atoms with E-state index < -0.39 is 29.1 Å². The molecule has 0 atom stereocenters. The summed E-state index contributed by atoms with van der Waals surface area (Å²) in [6.07, 6.45) is -4.67. The first-order valence-electron chi connectivity index (χ1n) is 5.76. The summed E-state index contributed by atoms with van der Waals surface area (Å²) in [5.74, 6) is 3.93. The van der Waals surface area contributed by atoms with E-state index >= 15 is 0 Å². The molecule has 1 aromatic rings. The van der Waals surface area contributed by atoms with Gasteiger partial charge in [0.05, 0.1) is 24.9 Å². The monoisotopic (exact) mass is 301 g/mol. The fraction of sp³-hybridized carbons (Fsp3) is 0.385. The zero-order valence-electron chi connectivity index (χ0n) is 11.7. The molecular weight excluding hydrogens is 287 g/mol. The van der Waals surface area contributed by atoms with Crippen LogP contribution in [0, 0.1) is 11.8 Å². The minimum Gasteiger partial charge on any atom is -0.464 e. The van der Waals surface area contributed by atoms with Gasteiger partial charge in [0, 0.05) is 0 Å². The lowest BCUT2D eigenvalue weighted by Crippen LogP contribution is -2.16. The van der Waals surface area contributed by atoms with E-state index in [-0.39, 0.29) is 12.2 Å². The molecule has 8 heteroatoms. The first-order chi connectivity index (χ1) is 9.66. The van der Waals surface area contributed by atoms with Crippen molar-refractivity contribution in [2.45, 2.75) is 6.18 Å². The third-order valence-corrected chi connectivity index (χ3v) is 2.34. The Morgan fingerprint density at radius 3 is 2.57 bits per heavy atom. The number of aromatic nitrogens is 1. The molecule has 0 saturated carbocycles. The minimum absolute atomic E-state index is 0.247. The van der Waals surface area contributed by atoms with Crippen LogP contribution in [0.15, 0.2) is 6.07 Å². The van der Waals surface area contributed by atoms with Crippen molar-refractivity contribution in [1.82, 2.24) is 9.88 Å². The van der Waals surface area contributed by atoms with Gasteiger partial charge in [-0.1, -0.05) is 5.92 Å². The molecule has 21 heavy (non-hydrogen) atoms. The number of esters is 1. The van der Waals surface area contributed by atoms with E-state index in [1.165, 1.54) is 0 Å². The van der Waals surface area contributed by atoms with Gasteiger partial charge >= 0.3 is 12.1 Å². The van der Waals surface area contributed by atoms with Crippen molar-refractivity contribution in [1.29, 1.82) is 0 Å². The summed E-state index contributed by atoms with van der Waals surface area (Å²) in [5.41, 5.74) is 2.98. The lowest BCUT2D eigenvalue weighted by molar-refractivity contribution is -0.138. The van der Waals surface area contributed by atoms with Crippen molar-refractivity contribution < 1.29 is 22.7 Å². The lowest BCUT2D eigenvalue weighted by atomic mass is 10.1. The predicted molar refractivity (Wildman–Crippen MR) is 70.4 cm³/mol. The Bertz CT molecular complexity index is 601. The van der Waals surface area contributed by atoms with Crippen LogP contribution in [0.3, 0.4) is 0 Å². The summed E-state index contributed by atoms with van der Waals surface area (Å²) in [6.45, 7) is 0.247. The second-order valence-electron chi connectivity index (χ2n) is 4.35. The molecule has 1 aromatic heterocycles. The second kappa shape index (κ2) is 6.45. The number of nitrogens with two attached hydrogens (primary N) is 1. The van der Waals surface area contributed by atoms with Gasteiger partial charge in [-0.3, -0.25) is 4.90 Å². The van der Waals surface area contributed by atoms with E-state index in [2.05, 4.69) is 21.6 Å². The number of alkyl halides is 3. The van der Waals surface area contributed by atoms with Gasteiger partial charge in [-0.05, 0) is 26.1 Å². The highest BCUT2D eigenvalue weighted by Crippen LogP contribution is 2.33. The van der Waals surface area contributed by atoms with Gasteiger partial charge in [-0.2, -0.15) is 13.2 Å². The molecule has 0 bridgehead atoms. The van der Waals surface area contributed by atoms with Gasteiger partial charge < -0.3 is 10.5 Å². The standard InChI is InChI=1S/C13H14F3N3O2/c1-19(2)6-4-5-10-8(13(14,15)16)7-9(17)11(18-10)12(20)21-3/h7H,6,17H2,1-3H3. The number of halogens is 3. The summed E-state index contributed by atoms with van der Waals surface area (Å²) >= 11 is 0. The van der Waals surface area contributed by atoms with Crippen molar-refractivity contribution >= 4 is 11.7 Å². The molecule has 0 aliphatic heterocycles. The van der Waals surface area contributed by atoms with Gasteiger partial charge in [-0.25, -0.2) is 9.78 Å². The van der Waals surface area contributed by atoms with Crippen LogP contribution < -0.4 is 5.73 Å². The Morgan fingerprint density at radius 2 is 2.10 bits per heavy atom. The molecule has 0 spiro atoms. The normalized spacial score (nSPS) is 11.0. The molecule has 2 N–H and O–H groups in total. The number of nitrogen functional groups attached to an aromatic ring is 1. The molecule has 1 heterocycles. The zero-order valence-corrected chi connectivity index (χ0v) is 11.7. The number of anilines is 1. The number of pyridine rings is 1. The maximum atomic E-state index is 12.9. The highest BCUT2D eigenvalue weighted by Gasteiger charge is 2.35. The molecule has 0 aromatic carbocycles. The maximum Gasteiger partial charge on any atom is 0.419 e. The highest BCUT2D eigenvalue weighted by molar-refractivity contribution is 5.93. The third-order valence-electron chi connectivity index (χ3n) is 2.34. The first-order valence-corrected chi connectivity index (χ1v) is 5.76. The molecule has 0 aliphatic carbocycles. The highest BCUT2D eigenvalue weighted by atomic mass is 19.4. The molecule has 0 radical (unpaired) electrons. The molecule has 0 amide bonds. The van der Waals surface area contributed by atoms with Crippen molar-refractivity contribution in [3.8, 4) is 11.8 Å². The quantitative estimate of drug-likeness (QED) is 0.660. The Hall–Kier alpha value is -2.27. The molecule has 1 rings (SSSR count). The van der Waals surface area contributed by atoms with Crippen LogP contribution in [0.5, 0.6) is 0 Å². The van der Waals surface area contributed by atoms with E-state index in [9.17, 15) is 18.0 Å². The van der Waals surface area contributed by atoms with E-state index in [1.54, 1.807) is 19.0 Å². The van der Waals surface area contributed by atoms with Crippen LogP contribution in [0.2, 0.25) is 0 Å². The number of ether oxygens (including phenoxy) is 1. The Morgan fingerprint density at radius 1 is 1.48 bits per heavy atom. The Kier molecular flexibility index (Phi) is 5.16. The molecule has 0 aliphatic rings. The van der Waals surface area contributed by atoms with Gasteiger partial charge in [0.2, 0.25) is 0 Å². The van der Waals surface area contributed by atoms with Crippen LogP contribution >= 0.6 is 0 Å². The van der Waals surface area contributed by atoms with Crippen LogP contribution in [-0.4, -0.2) is 43.6 Å². The fourth-order valence-corrected chi connectivity index (χ4v) is 1.38. The lowest BCUT2D eigenvalue weighted by Gasteiger charge is -2.11. The number of methoxy groups -OCH3 is 1. The van der Waals surface area contributed by atoms with Gasteiger partial charge in [-0.15, -0.1) is 0 Å².